The van der Waals surface area contributed by atoms with Crippen LogP contribution in [0.15, 0.2) is 34.9 Å². The Hall–Kier alpha value is -1.84. The molecule has 0 saturated heterocycles. The molecule has 3 heterocycles. The van der Waals surface area contributed by atoms with Gasteiger partial charge < -0.3 is 4.42 Å². The Balaban J connectivity index is 1.99. The lowest BCUT2D eigenvalue weighted by atomic mass is 9.99. The van der Waals surface area contributed by atoms with Crippen molar-refractivity contribution in [2.75, 3.05) is 0 Å². The molecule has 4 aromatic rings. The Bertz CT molecular complexity index is 1090. The summed E-state index contributed by atoms with van der Waals surface area (Å²) in [6, 6.07) is 8.59. The van der Waals surface area contributed by atoms with E-state index in [0.717, 1.165) is 22.5 Å². The van der Waals surface area contributed by atoms with Gasteiger partial charge in [0.25, 0.3) is 0 Å². The number of benzene rings is 1. The van der Waals surface area contributed by atoms with Gasteiger partial charge in [0, 0.05) is 27.4 Å². The van der Waals surface area contributed by atoms with Crippen molar-refractivity contribution in [1.82, 2.24) is 4.98 Å². The lowest BCUT2D eigenvalue weighted by Gasteiger charge is -2.05. The first kappa shape index (κ1) is 16.6. The van der Waals surface area contributed by atoms with E-state index in [0.29, 0.717) is 11.1 Å². The minimum Gasteiger partial charge on any atom is -0.461 e. The van der Waals surface area contributed by atoms with Crippen LogP contribution in [0.4, 0.5) is 0 Å². The molecular formula is C21H20ClNOS. The molecule has 2 nitrogen and oxygen atoms in total. The summed E-state index contributed by atoms with van der Waals surface area (Å²) in [7, 11) is 0. The van der Waals surface area contributed by atoms with Gasteiger partial charge in [-0.1, -0.05) is 31.5 Å². The monoisotopic (exact) mass is 369 g/mol. The average Bonchev–Trinajstić information content (AvgIpc) is 3.04. The third-order valence-corrected chi connectivity index (χ3v) is 6.34. The smallest absolute Gasteiger partial charge is 0.146 e. The largest absolute Gasteiger partial charge is 0.461 e. The first-order valence-corrected chi connectivity index (χ1v) is 9.71. The van der Waals surface area contributed by atoms with Gasteiger partial charge in [0.2, 0.25) is 0 Å². The van der Waals surface area contributed by atoms with Crippen LogP contribution in [-0.4, -0.2) is 4.98 Å². The van der Waals surface area contributed by atoms with Gasteiger partial charge in [-0.2, -0.15) is 0 Å². The number of hydrogen-bond acceptors (Lipinski definition) is 3. The van der Waals surface area contributed by atoms with Crippen LogP contribution in [0.3, 0.4) is 0 Å². The van der Waals surface area contributed by atoms with Crippen LogP contribution in [-0.2, 0) is 6.42 Å². The number of furan rings is 1. The van der Waals surface area contributed by atoms with Gasteiger partial charge in [-0.3, -0.25) is 0 Å². The van der Waals surface area contributed by atoms with Crippen molar-refractivity contribution >= 4 is 44.0 Å². The molecule has 4 rings (SSSR count). The number of thiophene rings is 1. The molecule has 0 N–H and O–H groups in total. The van der Waals surface area contributed by atoms with Gasteiger partial charge in [0.05, 0.1) is 4.70 Å². The molecule has 0 bridgehead atoms. The summed E-state index contributed by atoms with van der Waals surface area (Å²) in [5.41, 5.74) is 4.73. The topological polar surface area (TPSA) is 26.0 Å². The zero-order valence-corrected chi connectivity index (χ0v) is 16.4. The van der Waals surface area contributed by atoms with Gasteiger partial charge in [0.15, 0.2) is 0 Å². The van der Waals surface area contributed by atoms with Crippen molar-refractivity contribution in [3.05, 3.63) is 52.5 Å². The molecule has 4 heteroatoms. The Kier molecular flexibility index (Phi) is 4.09. The number of aromatic nitrogens is 1. The second-order valence-corrected chi connectivity index (χ2v) is 8.37. The molecule has 0 aliphatic carbocycles. The van der Waals surface area contributed by atoms with E-state index in [9.17, 15) is 0 Å². The number of hydrogen-bond donors (Lipinski definition) is 0. The van der Waals surface area contributed by atoms with Crippen molar-refractivity contribution in [3.63, 3.8) is 0 Å². The minimum absolute atomic E-state index is 0.572. The van der Waals surface area contributed by atoms with Gasteiger partial charge in [-0.15, -0.1) is 11.3 Å². The average molecular weight is 370 g/mol. The van der Waals surface area contributed by atoms with Gasteiger partial charge in [-0.25, -0.2) is 4.98 Å². The van der Waals surface area contributed by atoms with Crippen LogP contribution in [0.25, 0.3) is 31.5 Å². The van der Waals surface area contributed by atoms with Gasteiger partial charge in [0.1, 0.15) is 16.5 Å². The number of halogens is 1. The fourth-order valence-electron chi connectivity index (χ4n) is 3.50. The van der Waals surface area contributed by atoms with E-state index in [1.807, 2.05) is 13.0 Å². The Morgan fingerprint density at radius 1 is 1.16 bits per heavy atom. The van der Waals surface area contributed by atoms with E-state index in [4.69, 9.17) is 16.0 Å². The maximum atomic E-state index is 6.32. The van der Waals surface area contributed by atoms with E-state index in [-0.39, 0.29) is 0 Å². The molecule has 0 unspecified atom stereocenters. The van der Waals surface area contributed by atoms with E-state index >= 15 is 0 Å². The van der Waals surface area contributed by atoms with Crippen LogP contribution >= 0.6 is 22.9 Å². The summed E-state index contributed by atoms with van der Waals surface area (Å²) in [6.45, 7) is 8.69. The Morgan fingerprint density at radius 2 is 1.96 bits per heavy atom. The van der Waals surface area contributed by atoms with Crippen molar-refractivity contribution in [2.24, 2.45) is 5.92 Å². The highest BCUT2D eigenvalue weighted by molar-refractivity contribution is 7.23. The number of aryl methyl sites for hydroxylation is 2. The van der Waals surface area contributed by atoms with E-state index in [2.05, 4.69) is 44.0 Å². The summed E-state index contributed by atoms with van der Waals surface area (Å²) < 4.78 is 7.10. The molecule has 3 aromatic heterocycles. The fourth-order valence-corrected chi connectivity index (χ4v) is 5.07. The van der Waals surface area contributed by atoms with Crippen LogP contribution in [0.5, 0.6) is 0 Å². The maximum Gasteiger partial charge on any atom is 0.146 e. The third kappa shape index (κ3) is 2.76. The lowest BCUT2D eigenvalue weighted by molar-refractivity contribution is 0.580. The molecule has 0 aliphatic heterocycles. The molecule has 0 atom stereocenters. The molecule has 0 fully saturated rings. The van der Waals surface area contributed by atoms with E-state index < -0.39 is 0 Å². The highest BCUT2D eigenvalue weighted by atomic mass is 35.5. The highest BCUT2D eigenvalue weighted by Gasteiger charge is 2.20. The fraction of sp³-hybridized carbons (Fsp3) is 0.286. The van der Waals surface area contributed by atoms with Crippen LogP contribution in [0, 0.1) is 19.8 Å². The minimum atomic E-state index is 0.572. The van der Waals surface area contributed by atoms with E-state index in [1.165, 1.54) is 32.3 Å². The number of fused-ring (bicyclic) bond motifs is 2. The van der Waals surface area contributed by atoms with E-state index in [1.54, 1.807) is 17.5 Å². The zero-order chi connectivity index (χ0) is 17.7. The predicted molar refractivity (Wildman–Crippen MR) is 108 cm³/mol. The summed E-state index contributed by atoms with van der Waals surface area (Å²) in [5, 5.41) is 2.93. The molecule has 0 spiro atoms. The molecule has 0 radical (unpaired) electrons. The van der Waals surface area contributed by atoms with Crippen LogP contribution in [0.1, 0.15) is 30.7 Å². The Morgan fingerprint density at radius 3 is 2.68 bits per heavy atom. The first-order valence-electron chi connectivity index (χ1n) is 8.51. The quantitative estimate of drug-likeness (QED) is 0.357. The number of pyridine rings is 1. The molecule has 0 aliphatic rings. The molecule has 25 heavy (non-hydrogen) atoms. The number of rotatable bonds is 3. The Labute approximate surface area is 156 Å². The molecule has 0 amide bonds. The molecule has 128 valence electrons. The molecule has 1 aromatic carbocycles. The van der Waals surface area contributed by atoms with Gasteiger partial charge >= 0.3 is 0 Å². The van der Waals surface area contributed by atoms with Crippen LogP contribution < -0.4 is 0 Å². The summed E-state index contributed by atoms with van der Waals surface area (Å²) >= 11 is 8.02. The van der Waals surface area contributed by atoms with Gasteiger partial charge in [-0.05, 0) is 55.5 Å². The normalized spacial score (nSPS) is 11.9. The lowest BCUT2D eigenvalue weighted by Crippen LogP contribution is -1.93. The molecule has 0 saturated carbocycles. The van der Waals surface area contributed by atoms with Crippen LogP contribution in [0.2, 0.25) is 5.15 Å². The van der Waals surface area contributed by atoms with Crippen molar-refractivity contribution < 1.29 is 4.42 Å². The predicted octanol–water partition coefficient (Wildman–Crippen LogP) is 7.18. The highest BCUT2D eigenvalue weighted by Crippen LogP contribution is 2.45. The zero-order valence-electron chi connectivity index (χ0n) is 14.8. The van der Waals surface area contributed by atoms with Crippen molar-refractivity contribution in [1.29, 1.82) is 0 Å². The second kappa shape index (κ2) is 6.15. The maximum absolute atomic E-state index is 6.32. The summed E-state index contributed by atoms with van der Waals surface area (Å²) in [6.07, 6.45) is 2.84. The summed E-state index contributed by atoms with van der Waals surface area (Å²) in [5.74, 6) is 1.58. The standard InChI is InChI=1S/C21H20ClNOS/c1-11(2)9-14-5-6-17-16(10-14)18(13(4)24-17)19-12(3)15-7-8-23-21(22)20(15)25-19/h5-8,10-11H,9H2,1-4H3. The number of nitrogens with zero attached hydrogens (tertiary/aromatic N) is 1. The second-order valence-electron chi connectivity index (χ2n) is 7.00. The SMILES string of the molecule is Cc1oc2ccc(CC(C)C)cc2c1-c1sc2c(Cl)nccc2c1C. The molecular weight excluding hydrogens is 350 g/mol. The summed E-state index contributed by atoms with van der Waals surface area (Å²) in [4.78, 5) is 5.45. The van der Waals surface area contributed by atoms with Crippen molar-refractivity contribution in [2.45, 2.75) is 34.1 Å². The van der Waals surface area contributed by atoms with Crippen molar-refractivity contribution in [3.8, 4) is 10.4 Å². The third-order valence-electron chi connectivity index (χ3n) is 4.61. The first-order chi connectivity index (χ1) is 12.0.